The summed E-state index contributed by atoms with van der Waals surface area (Å²) in [6.45, 7) is 2.80. The number of hydrogen-bond acceptors (Lipinski definition) is 6. The van der Waals surface area contributed by atoms with Crippen LogP contribution in [0, 0.1) is 0 Å². The fourth-order valence-corrected chi connectivity index (χ4v) is 6.01. The SMILES string of the molecule is O=C1OCCN1c1cccc2c1CCN(c1ncnc3sc4c(c13)CCC4)C2. The highest BCUT2D eigenvalue weighted by atomic mass is 32.1. The Hall–Kier alpha value is -2.67. The van der Waals surface area contributed by atoms with E-state index in [1.165, 1.54) is 39.8 Å². The molecule has 0 radical (unpaired) electrons. The molecule has 142 valence electrons. The molecule has 4 heterocycles. The Morgan fingerprint density at radius 1 is 1.07 bits per heavy atom. The second-order valence-electron chi connectivity index (χ2n) is 7.59. The van der Waals surface area contributed by atoms with Gasteiger partial charge in [-0.15, -0.1) is 11.3 Å². The molecule has 0 N–H and O–H groups in total. The van der Waals surface area contributed by atoms with E-state index in [4.69, 9.17) is 9.72 Å². The summed E-state index contributed by atoms with van der Waals surface area (Å²) in [5, 5.41) is 1.27. The standard InChI is InChI=1S/C21H20N4O2S/c26-21-25(9-10-27-21)16-5-1-3-13-11-24(8-7-14(13)16)19-18-15-4-2-6-17(15)28-20(18)23-12-22-19/h1,3,5,12H,2,4,6-11H2. The number of aryl methyl sites for hydroxylation is 2. The molecule has 2 aliphatic heterocycles. The number of anilines is 2. The number of aromatic nitrogens is 2. The quantitative estimate of drug-likeness (QED) is 0.666. The summed E-state index contributed by atoms with van der Waals surface area (Å²) in [7, 11) is 0. The van der Waals surface area contributed by atoms with Crippen LogP contribution in [-0.2, 0) is 30.5 Å². The largest absolute Gasteiger partial charge is 0.447 e. The van der Waals surface area contributed by atoms with Crippen LogP contribution in [0.2, 0.25) is 0 Å². The van der Waals surface area contributed by atoms with Gasteiger partial charge in [0.25, 0.3) is 0 Å². The molecule has 0 bridgehead atoms. The molecule has 0 unspecified atom stereocenters. The molecule has 6 nitrogen and oxygen atoms in total. The van der Waals surface area contributed by atoms with Crippen molar-refractivity contribution in [2.24, 2.45) is 0 Å². The molecule has 1 aliphatic carbocycles. The fourth-order valence-electron chi connectivity index (χ4n) is 4.79. The Morgan fingerprint density at radius 3 is 2.93 bits per heavy atom. The highest BCUT2D eigenvalue weighted by molar-refractivity contribution is 7.19. The lowest BCUT2D eigenvalue weighted by molar-refractivity contribution is 0.181. The summed E-state index contributed by atoms with van der Waals surface area (Å²) < 4.78 is 5.14. The lowest BCUT2D eigenvalue weighted by atomic mass is 9.97. The number of benzene rings is 1. The van der Waals surface area contributed by atoms with Crippen LogP contribution in [-0.4, -0.2) is 35.8 Å². The minimum atomic E-state index is -0.234. The van der Waals surface area contributed by atoms with Crippen molar-refractivity contribution < 1.29 is 9.53 Å². The number of hydrogen-bond donors (Lipinski definition) is 0. The third-order valence-corrected chi connectivity index (χ3v) is 7.27. The van der Waals surface area contributed by atoms with Crippen LogP contribution in [0.3, 0.4) is 0 Å². The summed E-state index contributed by atoms with van der Waals surface area (Å²) in [6.07, 6.45) is 5.92. The Balaban J connectivity index is 1.39. The van der Waals surface area contributed by atoms with E-state index in [1.54, 1.807) is 11.2 Å². The highest BCUT2D eigenvalue weighted by Crippen LogP contribution is 2.41. The number of cyclic esters (lactones) is 1. The third kappa shape index (κ3) is 2.35. The lowest BCUT2D eigenvalue weighted by Gasteiger charge is -2.32. The average molecular weight is 392 g/mol. The Morgan fingerprint density at radius 2 is 2.04 bits per heavy atom. The van der Waals surface area contributed by atoms with Crippen molar-refractivity contribution in [2.75, 3.05) is 29.5 Å². The van der Waals surface area contributed by atoms with E-state index in [2.05, 4.69) is 16.0 Å². The molecule has 2 aromatic heterocycles. The molecule has 0 atom stereocenters. The molecular weight excluding hydrogens is 372 g/mol. The first-order valence-corrected chi connectivity index (χ1v) is 10.7. The van der Waals surface area contributed by atoms with Gasteiger partial charge >= 0.3 is 6.09 Å². The summed E-state index contributed by atoms with van der Waals surface area (Å²) in [4.78, 5) is 28.0. The molecule has 1 fully saturated rings. The molecule has 1 saturated heterocycles. The summed E-state index contributed by atoms with van der Waals surface area (Å²) >= 11 is 1.83. The summed E-state index contributed by atoms with van der Waals surface area (Å²) in [6, 6.07) is 6.25. The second-order valence-corrected chi connectivity index (χ2v) is 8.67. The van der Waals surface area contributed by atoms with Crippen LogP contribution in [0.25, 0.3) is 10.2 Å². The Kier molecular flexibility index (Phi) is 3.59. The molecule has 1 amide bonds. The number of rotatable bonds is 2. The topological polar surface area (TPSA) is 58.6 Å². The molecule has 1 aromatic carbocycles. The van der Waals surface area contributed by atoms with Crippen molar-refractivity contribution >= 4 is 39.2 Å². The number of ether oxygens (including phenoxy) is 1. The van der Waals surface area contributed by atoms with Crippen LogP contribution in [0.15, 0.2) is 24.5 Å². The zero-order valence-electron chi connectivity index (χ0n) is 15.5. The molecule has 0 saturated carbocycles. The zero-order chi connectivity index (χ0) is 18.7. The Bertz CT molecular complexity index is 1110. The van der Waals surface area contributed by atoms with Gasteiger partial charge in [-0.3, -0.25) is 4.90 Å². The number of amides is 1. The number of thiophene rings is 1. The minimum absolute atomic E-state index is 0.234. The molecule has 28 heavy (non-hydrogen) atoms. The zero-order valence-corrected chi connectivity index (χ0v) is 16.3. The molecule has 7 heteroatoms. The van der Waals surface area contributed by atoms with Crippen molar-refractivity contribution in [3.63, 3.8) is 0 Å². The third-order valence-electron chi connectivity index (χ3n) is 6.07. The molecule has 0 spiro atoms. The van der Waals surface area contributed by atoms with Crippen LogP contribution in [0.1, 0.15) is 28.0 Å². The number of nitrogens with zero attached hydrogens (tertiary/aromatic N) is 4. The first-order valence-electron chi connectivity index (χ1n) is 9.85. The Labute approximate surface area is 166 Å². The lowest BCUT2D eigenvalue weighted by Crippen LogP contribution is -2.33. The first kappa shape index (κ1) is 16.3. The van der Waals surface area contributed by atoms with Crippen LogP contribution in [0.5, 0.6) is 0 Å². The monoisotopic (exact) mass is 392 g/mol. The summed E-state index contributed by atoms with van der Waals surface area (Å²) in [5.74, 6) is 1.07. The van der Waals surface area contributed by atoms with Gasteiger partial charge in [-0.25, -0.2) is 14.8 Å². The van der Waals surface area contributed by atoms with Gasteiger partial charge in [0, 0.05) is 18.0 Å². The molecule has 6 rings (SSSR count). The van der Waals surface area contributed by atoms with Crippen molar-refractivity contribution in [2.45, 2.75) is 32.2 Å². The van der Waals surface area contributed by atoms with Gasteiger partial charge in [0.05, 0.1) is 17.6 Å². The second kappa shape index (κ2) is 6.17. The van der Waals surface area contributed by atoms with Gasteiger partial charge in [0.15, 0.2) is 0 Å². The smallest absolute Gasteiger partial charge is 0.414 e. The number of fused-ring (bicyclic) bond motifs is 4. The van der Waals surface area contributed by atoms with Crippen LogP contribution >= 0.6 is 11.3 Å². The van der Waals surface area contributed by atoms with E-state index in [1.807, 2.05) is 23.5 Å². The van der Waals surface area contributed by atoms with Gasteiger partial charge < -0.3 is 9.64 Å². The van der Waals surface area contributed by atoms with Gasteiger partial charge in [-0.1, -0.05) is 12.1 Å². The molecule has 3 aliphatic rings. The van der Waals surface area contributed by atoms with Gasteiger partial charge in [0.1, 0.15) is 23.6 Å². The molecular formula is C21H20N4O2S. The first-order chi connectivity index (χ1) is 13.8. The maximum absolute atomic E-state index is 12.0. The maximum Gasteiger partial charge on any atom is 0.414 e. The predicted octanol–water partition coefficient (Wildman–Crippen LogP) is 3.70. The maximum atomic E-state index is 12.0. The van der Waals surface area contributed by atoms with E-state index in [0.717, 1.165) is 42.3 Å². The van der Waals surface area contributed by atoms with E-state index < -0.39 is 0 Å². The minimum Gasteiger partial charge on any atom is -0.447 e. The van der Waals surface area contributed by atoms with E-state index in [0.29, 0.717) is 13.2 Å². The van der Waals surface area contributed by atoms with Crippen LogP contribution in [0.4, 0.5) is 16.3 Å². The average Bonchev–Trinajstić information content (AvgIpc) is 3.42. The van der Waals surface area contributed by atoms with Crippen LogP contribution < -0.4 is 9.80 Å². The van der Waals surface area contributed by atoms with Gasteiger partial charge in [-0.2, -0.15) is 0 Å². The van der Waals surface area contributed by atoms with Crippen molar-refractivity contribution in [3.05, 3.63) is 46.1 Å². The predicted molar refractivity (Wildman–Crippen MR) is 109 cm³/mol. The normalized spacial score (nSPS) is 18.5. The van der Waals surface area contributed by atoms with E-state index >= 15 is 0 Å². The van der Waals surface area contributed by atoms with Crippen molar-refractivity contribution in [3.8, 4) is 0 Å². The van der Waals surface area contributed by atoms with Gasteiger partial charge in [-0.05, 0) is 48.4 Å². The van der Waals surface area contributed by atoms with E-state index in [9.17, 15) is 4.79 Å². The van der Waals surface area contributed by atoms with Gasteiger partial charge in [0.2, 0.25) is 0 Å². The van der Waals surface area contributed by atoms with Crippen molar-refractivity contribution in [1.82, 2.24) is 9.97 Å². The van der Waals surface area contributed by atoms with E-state index in [-0.39, 0.29) is 6.09 Å². The van der Waals surface area contributed by atoms with Crippen molar-refractivity contribution in [1.29, 1.82) is 0 Å². The summed E-state index contributed by atoms with van der Waals surface area (Å²) in [5.41, 5.74) is 5.00. The molecule has 3 aromatic rings. The fraction of sp³-hybridized carbons (Fsp3) is 0.381. The number of carbonyl (C=O) groups is 1. The number of carbonyl (C=O) groups excluding carboxylic acids is 1. The highest BCUT2D eigenvalue weighted by Gasteiger charge is 2.30.